The van der Waals surface area contributed by atoms with Gasteiger partial charge in [-0.25, -0.2) is 0 Å². The molecule has 6 heavy (non-hydrogen) atoms. The zero-order valence-electron chi connectivity index (χ0n) is 3.72. The second-order valence-corrected chi connectivity index (χ2v) is 1.43. The van der Waals surface area contributed by atoms with Crippen LogP contribution in [0.25, 0.3) is 0 Å². The molecule has 1 aliphatic rings. The number of hydrogen-bond donors (Lipinski definition) is 0. The Labute approximate surface area is 39.7 Å². The molecular formula is C6H10. The van der Waals surface area contributed by atoms with E-state index in [1.807, 2.05) is 0 Å². The summed E-state index contributed by atoms with van der Waals surface area (Å²) in [4.78, 5) is 0. The van der Waals surface area contributed by atoms with E-state index in [4.69, 9.17) is 0 Å². The Hall–Kier alpha value is -0.520. The summed E-state index contributed by atoms with van der Waals surface area (Å²) in [6.07, 6.45) is 11.0. The molecule has 0 aromatic rings. The van der Waals surface area contributed by atoms with Gasteiger partial charge in [-0.05, 0) is 12.8 Å². The highest BCUT2D eigenvalue weighted by Gasteiger charge is 1.77. The summed E-state index contributed by atoms with van der Waals surface area (Å²) in [5.74, 6) is 0. The maximum Gasteiger partial charge on any atom is 0 e. The topological polar surface area (TPSA) is 0 Å². The van der Waals surface area contributed by atoms with Gasteiger partial charge < -0.3 is 0 Å². The number of rotatable bonds is 0. The SMILES string of the molecule is C1=CCCC=C1.[HH]. The van der Waals surface area contributed by atoms with Crippen molar-refractivity contribution >= 4 is 0 Å². The van der Waals surface area contributed by atoms with Crippen LogP contribution in [0, 0.1) is 0 Å². The molecule has 0 bridgehead atoms. The minimum Gasteiger partial charge on any atom is -0.0842 e. The van der Waals surface area contributed by atoms with Crippen molar-refractivity contribution in [2.45, 2.75) is 12.8 Å². The molecule has 0 unspecified atom stereocenters. The van der Waals surface area contributed by atoms with E-state index in [1.54, 1.807) is 0 Å². The summed E-state index contributed by atoms with van der Waals surface area (Å²) >= 11 is 0. The van der Waals surface area contributed by atoms with E-state index < -0.39 is 0 Å². The van der Waals surface area contributed by atoms with Gasteiger partial charge in [0.15, 0.2) is 0 Å². The van der Waals surface area contributed by atoms with E-state index in [2.05, 4.69) is 24.3 Å². The normalized spacial score (nSPS) is 18.7. The Morgan fingerprint density at radius 3 is 1.67 bits per heavy atom. The van der Waals surface area contributed by atoms with Crippen LogP contribution in [0.1, 0.15) is 14.3 Å². The fraction of sp³-hybridized carbons (Fsp3) is 0.333. The first-order valence-corrected chi connectivity index (χ1v) is 2.32. The minimum absolute atomic E-state index is 0. The van der Waals surface area contributed by atoms with Crippen LogP contribution < -0.4 is 0 Å². The molecule has 0 N–H and O–H groups in total. The lowest BCUT2D eigenvalue weighted by Gasteiger charge is -1.88. The van der Waals surface area contributed by atoms with E-state index in [1.165, 1.54) is 12.8 Å². The lowest BCUT2D eigenvalue weighted by atomic mass is 10.2. The van der Waals surface area contributed by atoms with E-state index in [9.17, 15) is 0 Å². The monoisotopic (exact) mass is 82.1 g/mol. The quantitative estimate of drug-likeness (QED) is 0.420. The van der Waals surface area contributed by atoms with Gasteiger partial charge in [0, 0.05) is 1.43 Å². The second-order valence-electron chi connectivity index (χ2n) is 1.43. The molecule has 0 aromatic carbocycles. The third-order valence-corrected chi connectivity index (χ3v) is 0.883. The van der Waals surface area contributed by atoms with Crippen LogP contribution in [-0.2, 0) is 0 Å². The molecule has 0 aromatic heterocycles. The summed E-state index contributed by atoms with van der Waals surface area (Å²) in [7, 11) is 0. The highest BCUT2D eigenvalue weighted by atomic mass is 13.8. The van der Waals surface area contributed by atoms with Gasteiger partial charge in [-0.15, -0.1) is 0 Å². The molecule has 0 spiro atoms. The summed E-state index contributed by atoms with van der Waals surface area (Å²) < 4.78 is 0. The molecular weight excluding hydrogens is 72.1 g/mol. The Morgan fingerprint density at radius 2 is 1.50 bits per heavy atom. The van der Waals surface area contributed by atoms with Crippen LogP contribution >= 0.6 is 0 Å². The molecule has 0 heteroatoms. The summed E-state index contributed by atoms with van der Waals surface area (Å²) in [6.45, 7) is 0. The van der Waals surface area contributed by atoms with Crippen molar-refractivity contribution in [2.24, 2.45) is 0 Å². The van der Waals surface area contributed by atoms with Crippen LogP contribution in [0.5, 0.6) is 0 Å². The second kappa shape index (κ2) is 1.81. The highest BCUT2D eigenvalue weighted by Crippen LogP contribution is 1.98. The maximum absolute atomic E-state index is 2.18. The lowest BCUT2D eigenvalue weighted by Crippen LogP contribution is -1.67. The summed E-state index contributed by atoms with van der Waals surface area (Å²) in [6, 6.07) is 0. The predicted molar refractivity (Wildman–Crippen MR) is 29.6 cm³/mol. The molecule has 0 heterocycles. The van der Waals surface area contributed by atoms with Crippen LogP contribution in [0.15, 0.2) is 24.3 Å². The van der Waals surface area contributed by atoms with E-state index in [0.717, 1.165) is 0 Å². The van der Waals surface area contributed by atoms with Crippen molar-refractivity contribution in [3.8, 4) is 0 Å². The molecule has 0 amide bonds. The standard InChI is InChI=1S/C6H8.H2/c1-2-4-6-5-3-1;/h1-4H,5-6H2;1H. The van der Waals surface area contributed by atoms with Crippen molar-refractivity contribution in [1.29, 1.82) is 0 Å². The summed E-state index contributed by atoms with van der Waals surface area (Å²) in [5.41, 5.74) is 0. The molecule has 0 aliphatic heterocycles. The fourth-order valence-corrected chi connectivity index (χ4v) is 0.542. The first-order chi connectivity index (χ1) is 3.00. The van der Waals surface area contributed by atoms with Crippen molar-refractivity contribution in [3.05, 3.63) is 24.3 Å². The Kier molecular flexibility index (Phi) is 1.10. The molecule has 1 aliphatic carbocycles. The van der Waals surface area contributed by atoms with E-state index in [-0.39, 0.29) is 1.43 Å². The number of allylic oxidation sites excluding steroid dienone is 4. The third-order valence-electron chi connectivity index (χ3n) is 0.883. The van der Waals surface area contributed by atoms with Gasteiger partial charge in [0.25, 0.3) is 0 Å². The zero-order valence-corrected chi connectivity index (χ0v) is 3.72. The minimum atomic E-state index is 0. The Balaban J connectivity index is 0.000000360. The largest absolute Gasteiger partial charge is 0.0842 e. The van der Waals surface area contributed by atoms with E-state index in [0.29, 0.717) is 0 Å². The average Bonchev–Trinajstić information content (AvgIpc) is 1.72. The van der Waals surface area contributed by atoms with Gasteiger partial charge in [0.1, 0.15) is 0 Å². The van der Waals surface area contributed by atoms with Gasteiger partial charge >= 0.3 is 0 Å². The summed E-state index contributed by atoms with van der Waals surface area (Å²) in [5, 5.41) is 0. The predicted octanol–water partition coefficient (Wildman–Crippen LogP) is 2.14. The van der Waals surface area contributed by atoms with Gasteiger partial charge in [-0.2, -0.15) is 0 Å². The van der Waals surface area contributed by atoms with Crippen molar-refractivity contribution < 1.29 is 1.43 Å². The van der Waals surface area contributed by atoms with Crippen molar-refractivity contribution in [3.63, 3.8) is 0 Å². The Bertz CT molecular complexity index is 70.2. The molecule has 0 saturated carbocycles. The van der Waals surface area contributed by atoms with Gasteiger partial charge in [-0.1, -0.05) is 24.3 Å². The molecule has 34 valence electrons. The van der Waals surface area contributed by atoms with E-state index >= 15 is 0 Å². The van der Waals surface area contributed by atoms with Gasteiger partial charge in [0.2, 0.25) is 0 Å². The maximum atomic E-state index is 2.18. The Morgan fingerprint density at radius 1 is 1.00 bits per heavy atom. The van der Waals surface area contributed by atoms with Crippen LogP contribution in [-0.4, -0.2) is 0 Å². The zero-order chi connectivity index (χ0) is 4.24. The first kappa shape index (κ1) is 3.66. The molecule has 0 atom stereocenters. The molecule has 0 nitrogen and oxygen atoms in total. The highest BCUT2D eigenvalue weighted by molar-refractivity contribution is 5.07. The van der Waals surface area contributed by atoms with Crippen LogP contribution in [0.4, 0.5) is 0 Å². The van der Waals surface area contributed by atoms with Crippen molar-refractivity contribution in [1.82, 2.24) is 0 Å². The smallest absolute Gasteiger partial charge is 0 e. The lowest BCUT2D eigenvalue weighted by molar-refractivity contribution is 1.04. The van der Waals surface area contributed by atoms with Gasteiger partial charge in [-0.3, -0.25) is 0 Å². The van der Waals surface area contributed by atoms with Crippen LogP contribution in [0.3, 0.4) is 0 Å². The average molecular weight is 82.1 g/mol. The fourth-order valence-electron chi connectivity index (χ4n) is 0.542. The molecule has 0 radical (unpaired) electrons. The number of hydrogen-bond acceptors (Lipinski definition) is 0. The van der Waals surface area contributed by atoms with Crippen molar-refractivity contribution in [2.75, 3.05) is 0 Å². The van der Waals surface area contributed by atoms with Crippen LogP contribution in [0.2, 0.25) is 0 Å². The van der Waals surface area contributed by atoms with Gasteiger partial charge in [0.05, 0.1) is 0 Å². The molecule has 0 saturated heterocycles. The molecule has 0 fully saturated rings. The third kappa shape index (κ3) is 0.713. The first-order valence-electron chi connectivity index (χ1n) is 2.32. The molecule has 1 rings (SSSR count).